The van der Waals surface area contributed by atoms with Gasteiger partial charge >= 0.3 is 0 Å². The quantitative estimate of drug-likeness (QED) is 0.738. The number of hydrogen-bond donors (Lipinski definition) is 0. The van der Waals surface area contributed by atoms with Gasteiger partial charge in [-0.05, 0) is 40.9 Å². The maximum absolute atomic E-state index is 11.9. The van der Waals surface area contributed by atoms with Gasteiger partial charge in [0.15, 0.2) is 5.78 Å². The molecule has 2 rings (SSSR count). The summed E-state index contributed by atoms with van der Waals surface area (Å²) in [5, 5.41) is 4.04. The summed E-state index contributed by atoms with van der Waals surface area (Å²) in [6, 6.07) is 6.00. The average Bonchev–Trinajstić information content (AvgIpc) is 2.86. The molecule has 0 aliphatic carbocycles. The van der Waals surface area contributed by atoms with Gasteiger partial charge in [-0.15, -0.1) is 11.3 Å². The molecular formula is C12H12OS2. The van der Waals surface area contributed by atoms with Crippen molar-refractivity contribution in [3.63, 3.8) is 0 Å². The minimum atomic E-state index is 0.234. The van der Waals surface area contributed by atoms with Crippen molar-refractivity contribution in [2.24, 2.45) is 0 Å². The molecule has 0 unspecified atom stereocenters. The fourth-order valence-corrected chi connectivity index (χ4v) is 2.94. The first-order chi connectivity index (χ1) is 7.29. The Bertz CT molecular complexity index is 440. The van der Waals surface area contributed by atoms with Gasteiger partial charge in [0.2, 0.25) is 0 Å². The number of Topliss-reactive ketones (excluding diaryl/α,β-unsaturated/α-hetero) is 1. The van der Waals surface area contributed by atoms with Crippen LogP contribution in [0.15, 0.2) is 29.0 Å². The lowest BCUT2D eigenvalue weighted by atomic mass is 10.1. The van der Waals surface area contributed by atoms with Crippen LogP contribution in [0.2, 0.25) is 0 Å². The zero-order valence-corrected chi connectivity index (χ0v) is 10.2. The Morgan fingerprint density at radius 2 is 2.20 bits per heavy atom. The van der Waals surface area contributed by atoms with E-state index < -0.39 is 0 Å². The van der Waals surface area contributed by atoms with Gasteiger partial charge in [0.1, 0.15) is 0 Å². The number of aryl methyl sites for hydroxylation is 1. The van der Waals surface area contributed by atoms with Crippen molar-refractivity contribution in [1.29, 1.82) is 0 Å². The molecule has 0 aliphatic rings. The van der Waals surface area contributed by atoms with Crippen molar-refractivity contribution in [1.82, 2.24) is 0 Å². The van der Waals surface area contributed by atoms with Crippen LogP contribution in [0.1, 0.15) is 27.0 Å². The van der Waals surface area contributed by atoms with Gasteiger partial charge in [0.25, 0.3) is 0 Å². The van der Waals surface area contributed by atoms with Crippen molar-refractivity contribution in [2.75, 3.05) is 0 Å². The third kappa shape index (κ3) is 2.55. The van der Waals surface area contributed by atoms with Crippen molar-refractivity contribution in [2.45, 2.75) is 19.8 Å². The predicted octanol–water partition coefficient (Wildman–Crippen LogP) is 3.80. The number of rotatable bonds is 4. The molecule has 0 spiro atoms. The van der Waals surface area contributed by atoms with Gasteiger partial charge in [0, 0.05) is 11.3 Å². The highest BCUT2D eigenvalue weighted by atomic mass is 32.1. The van der Waals surface area contributed by atoms with Crippen LogP contribution in [0.4, 0.5) is 0 Å². The van der Waals surface area contributed by atoms with Crippen molar-refractivity contribution in [3.8, 4) is 0 Å². The van der Waals surface area contributed by atoms with Gasteiger partial charge < -0.3 is 0 Å². The standard InChI is InChI=1S/C12H12OS2/c1-2-10-3-4-12(15-10)11(13)7-9-5-6-14-8-9/h3-6,8H,2,7H2,1H3. The van der Waals surface area contributed by atoms with Crippen LogP contribution in [0.3, 0.4) is 0 Å². The highest BCUT2D eigenvalue weighted by Gasteiger charge is 2.09. The third-order valence-electron chi connectivity index (χ3n) is 2.23. The molecule has 0 bridgehead atoms. The predicted molar refractivity (Wildman–Crippen MR) is 66.1 cm³/mol. The molecule has 2 heterocycles. The Hall–Kier alpha value is -0.930. The number of thiophene rings is 2. The summed E-state index contributed by atoms with van der Waals surface area (Å²) in [5.74, 6) is 0.234. The Morgan fingerprint density at radius 1 is 1.33 bits per heavy atom. The lowest BCUT2D eigenvalue weighted by Gasteiger charge is -1.94. The van der Waals surface area contributed by atoms with Crippen LogP contribution in [0.5, 0.6) is 0 Å². The summed E-state index contributed by atoms with van der Waals surface area (Å²) in [5.41, 5.74) is 1.12. The topological polar surface area (TPSA) is 17.1 Å². The highest BCUT2D eigenvalue weighted by molar-refractivity contribution is 7.14. The van der Waals surface area contributed by atoms with E-state index in [0.717, 1.165) is 16.9 Å². The second-order valence-corrected chi connectivity index (χ2v) is 5.30. The zero-order chi connectivity index (χ0) is 10.7. The number of ketones is 1. The van der Waals surface area contributed by atoms with Gasteiger partial charge in [-0.25, -0.2) is 0 Å². The minimum Gasteiger partial charge on any atom is -0.293 e. The van der Waals surface area contributed by atoms with E-state index in [1.54, 1.807) is 22.7 Å². The van der Waals surface area contributed by atoms with Crippen LogP contribution in [-0.4, -0.2) is 5.78 Å². The Kier molecular flexibility index (Phi) is 3.34. The fraction of sp³-hybridized carbons (Fsp3) is 0.250. The first-order valence-electron chi connectivity index (χ1n) is 4.92. The van der Waals surface area contributed by atoms with E-state index in [1.165, 1.54) is 4.88 Å². The lowest BCUT2D eigenvalue weighted by Crippen LogP contribution is -1.99. The van der Waals surface area contributed by atoms with E-state index in [4.69, 9.17) is 0 Å². The van der Waals surface area contributed by atoms with Crippen molar-refractivity contribution >= 4 is 28.5 Å². The van der Waals surface area contributed by atoms with E-state index in [-0.39, 0.29) is 5.78 Å². The highest BCUT2D eigenvalue weighted by Crippen LogP contribution is 2.19. The summed E-state index contributed by atoms with van der Waals surface area (Å²) in [7, 11) is 0. The number of carbonyl (C=O) groups excluding carboxylic acids is 1. The Balaban J connectivity index is 2.08. The molecule has 15 heavy (non-hydrogen) atoms. The molecule has 0 atom stereocenters. The first-order valence-corrected chi connectivity index (χ1v) is 6.68. The summed E-state index contributed by atoms with van der Waals surface area (Å²) < 4.78 is 0. The second kappa shape index (κ2) is 4.73. The monoisotopic (exact) mass is 236 g/mol. The first kappa shape index (κ1) is 10.6. The molecule has 78 valence electrons. The van der Waals surface area contributed by atoms with Gasteiger partial charge in [-0.2, -0.15) is 11.3 Å². The average molecular weight is 236 g/mol. The third-order valence-corrected chi connectivity index (χ3v) is 4.23. The Labute approximate surface area is 97.4 Å². The smallest absolute Gasteiger partial charge is 0.177 e. The van der Waals surface area contributed by atoms with Gasteiger partial charge in [0.05, 0.1) is 4.88 Å². The van der Waals surface area contributed by atoms with Crippen molar-refractivity contribution < 1.29 is 4.79 Å². The molecule has 0 fully saturated rings. The molecule has 1 nitrogen and oxygen atoms in total. The van der Waals surface area contributed by atoms with Crippen LogP contribution < -0.4 is 0 Å². The van der Waals surface area contributed by atoms with Crippen LogP contribution in [-0.2, 0) is 12.8 Å². The summed E-state index contributed by atoms with van der Waals surface area (Å²) in [4.78, 5) is 14.0. The van der Waals surface area contributed by atoms with Crippen molar-refractivity contribution in [3.05, 3.63) is 44.3 Å². The lowest BCUT2D eigenvalue weighted by molar-refractivity contribution is 0.0997. The SMILES string of the molecule is CCc1ccc(C(=O)Cc2ccsc2)s1. The molecular weight excluding hydrogens is 224 g/mol. The molecule has 0 saturated heterocycles. The van der Waals surface area contributed by atoms with Crippen LogP contribution in [0.25, 0.3) is 0 Å². The number of hydrogen-bond acceptors (Lipinski definition) is 3. The number of carbonyl (C=O) groups is 1. The molecule has 2 aromatic heterocycles. The van der Waals surface area contributed by atoms with Gasteiger partial charge in [-0.1, -0.05) is 6.92 Å². The van der Waals surface area contributed by atoms with E-state index in [1.807, 2.05) is 29.0 Å². The maximum Gasteiger partial charge on any atom is 0.177 e. The fourth-order valence-electron chi connectivity index (χ4n) is 1.38. The molecule has 0 N–H and O–H groups in total. The van der Waals surface area contributed by atoms with Crippen LogP contribution >= 0.6 is 22.7 Å². The Morgan fingerprint density at radius 3 is 2.80 bits per heavy atom. The van der Waals surface area contributed by atoms with E-state index in [2.05, 4.69) is 6.92 Å². The van der Waals surface area contributed by atoms with E-state index >= 15 is 0 Å². The summed E-state index contributed by atoms with van der Waals surface area (Å²) in [6.07, 6.45) is 1.55. The zero-order valence-electron chi connectivity index (χ0n) is 8.53. The maximum atomic E-state index is 11.9. The molecule has 0 amide bonds. The molecule has 2 aromatic rings. The summed E-state index contributed by atoms with van der Waals surface area (Å²) >= 11 is 3.25. The molecule has 3 heteroatoms. The summed E-state index contributed by atoms with van der Waals surface area (Å²) in [6.45, 7) is 2.11. The molecule has 0 aromatic carbocycles. The molecule has 0 saturated carbocycles. The molecule has 0 aliphatic heterocycles. The van der Waals surface area contributed by atoms with Crippen LogP contribution in [0, 0.1) is 0 Å². The largest absolute Gasteiger partial charge is 0.293 e. The van der Waals surface area contributed by atoms with Gasteiger partial charge in [-0.3, -0.25) is 4.79 Å². The van der Waals surface area contributed by atoms with E-state index in [9.17, 15) is 4.79 Å². The normalized spacial score (nSPS) is 10.5. The second-order valence-electron chi connectivity index (χ2n) is 3.35. The molecule has 0 radical (unpaired) electrons. The van der Waals surface area contributed by atoms with E-state index in [0.29, 0.717) is 6.42 Å². The minimum absolute atomic E-state index is 0.234.